The van der Waals surface area contributed by atoms with E-state index in [1.165, 1.54) is 16.9 Å². The van der Waals surface area contributed by atoms with Crippen LogP contribution in [0.3, 0.4) is 0 Å². The quantitative estimate of drug-likeness (QED) is 0.612. The zero-order chi connectivity index (χ0) is 20.7. The predicted molar refractivity (Wildman–Crippen MR) is 119 cm³/mol. The summed E-state index contributed by atoms with van der Waals surface area (Å²) in [5.74, 6) is -1.71. The van der Waals surface area contributed by atoms with Crippen LogP contribution in [0.25, 0.3) is 21.3 Å². The first-order chi connectivity index (χ1) is 13.9. The van der Waals surface area contributed by atoms with Gasteiger partial charge in [-0.25, -0.2) is 0 Å². The average molecular weight is 410 g/mol. The molecule has 29 heavy (non-hydrogen) atoms. The number of aliphatic carboxylic acids is 1. The van der Waals surface area contributed by atoms with E-state index in [-0.39, 0.29) is 5.56 Å². The minimum atomic E-state index is -0.919. The molecule has 152 valence electrons. The highest BCUT2D eigenvalue weighted by Gasteiger charge is 2.31. The van der Waals surface area contributed by atoms with Gasteiger partial charge in [-0.2, -0.15) is 0 Å². The Balaban J connectivity index is 2.14. The van der Waals surface area contributed by atoms with Crippen molar-refractivity contribution in [1.29, 1.82) is 0 Å². The van der Waals surface area contributed by atoms with E-state index in [2.05, 4.69) is 0 Å². The first kappa shape index (κ1) is 19.9. The summed E-state index contributed by atoms with van der Waals surface area (Å²) in [6.07, 6.45) is 5.53. The second kappa shape index (κ2) is 7.79. The molecule has 0 radical (unpaired) electrons. The molecule has 0 aliphatic heterocycles. The van der Waals surface area contributed by atoms with Gasteiger partial charge in [0.2, 0.25) is 0 Å². The van der Waals surface area contributed by atoms with Crippen LogP contribution in [-0.2, 0) is 24.7 Å². The number of carboxylic acid groups (broad SMARTS) is 1. The Morgan fingerprint density at radius 1 is 1.21 bits per heavy atom. The van der Waals surface area contributed by atoms with Crippen molar-refractivity contribution >= 4 is 27.5 Å². The Morgan fingerprint density at radius 2 is 1.90 bits per heavy atom. The second-order valence-corrected chi connectivity index (χ2v) is 9.19. The normalized spacial score (nSPS) is 14.7. The van der Waals surface area contributed by atoms with Gasteiger partial charge in [0.15, 0.2) is 0 Å². The monoisotopic (exact) mass is 409 g/mol. The second-order valence-electron chi connectivity index (χ2n) is 8.09. The van der Waals surface area contributed by atoms with E-state index in [1.807, 2.05) is 38.1 Å². The maximum Gasteiger partial charge on any atom is 0.311 e. The molecule has 1 N–H and O–H groups in total. The highest BCUT2D eigenvalue weighted by molar-refractivity contribution is 7.19. The maximum absolute atomic E-state index is 13.6. The fourth-order valence-corrected chi connectivity index (χ4v) is 6.10. The standard InChI is InChI=1S/C24H27NO3S/c1-4-7-17(24(27)28)20-19(15-12-10-14(2)11-13-15)22-21(25(3)23(20)26)16-8-5-6-9-18(16)29-22/h10-13,17H,4-9H2,1-3H3,(H,27,28). The summed E-state index contributed by atoms with van der Waals surface area (Å²) in [5, 5.41) is 9.98. The van der Waals surface area contributed by atoms with Gasteiger partial charge in [-0.3, -0.25) is 9.59 Å². The Kier molecular flexibility index (Phi) is 5.34. The molecule has 3 aromatic rings. The van der Waals surface area contributed by atoms with Crippen molar-refractivity contribution in [2.75, 3.05) is 0 Å². The molecule has 2 heterocycles. The fourth-order valence-electron chi connectivity index (χ4n) is 4.60. The number of fused-ring (bicyclic) bond motifs is 3. The van der Waals surface area contributed by atoms with Gasteiger partial charge in [0.25, 0.3) is 5.56 Å². The summed E-state index contributed by atoms with van der Waals surface area (Å²) in [7, 11) is 1.81. The summed E-state index contributed by atoms with van der Waals surface area (Å²) < 4.78 is 2.79. The molecular formula is C24H27NO3S. The molecular weight excluding hydrogens is 382 g/mol. The van der Waals surface area contributed by atoms with Gasteiger partial charge in [-0.05, 0) is 50.2 Å². The van der Waals surface area contributed by atoms with E-state index in [1.54, 1.807) is 23.0 Å². The molecule has 1 atom stereocenters. The predicted octanol–water partition coefficient (Wildman–Crippen LogP) is 5.42. The van der Waals surface area contributed by atoms with Crippen LogP contribution in [0.1, 0.15) is 60.1 Å². The van der Waals surface area contributed by atoms with Crippen LogP contribution in [0.15, 0.2) is 29.1 Å². The Hall–Kier alpha value is -2.40. The molecule has 0 fully saturated rings. The van der Waals surface area contributed by atoms with Gasteiger partial charge in [0, 0.05) is 23.1 Å². The zero-order valence-electron chi connectivity index (χ0n) is 17.2. The minimum Gasteiger partial charge on any atom is -0.481 e. The summed E-state index contributed by atoms with van der Waals surface area (Å²) in [5.41, 5.74) is 5.49. The molecule has 0 bridgehead atoms. The van der Waals surface area contributed by atoms with Crippen LogP contribution in [0.2, 0.25) is 0 Å². The SMILES string of the molecule is CCCC(C(=O)O)c1c(-c2ccc(C)cc2)c2sc3c(c2n(C)c1=O)CCCC3. The van der Waals surface area contributed by atoms with Gasteiger partial charge in [-0.15, -0.1) is 11.3 Å². The van der Waals surface area contributed by atoms with Crippen LogP contribution in [0.4, 0.5) is 0 Å². The van der Waals surface area contributed by atoms with E-state index in [0.717, 1.165) is 46.2 Å². The molecule has 0 amide bonds. The minimum absolute atomic E-state index is 0.167. The molecule has 0 spiro atoms. The summed E-state index contributed by atoms with van der Waals surface area (Å²) >= 11 is 1.76. The van der Waals surface area contributed by atoms with Crippen LogP contribution in [0, 0.1) is 6.92 Å². The van der Waals surface area contributed by atoms with Crippen molar-refractivity contribution in [2.24, 2.45) is 7.05 Å². The first-order valence-corrected chi connectivity index (χ1v) is 11.2. The van der Waals surface area contributed by atoms with Gasteiger partial charge < -0.3 is 9.67 Å². The number of hydrogen-bond acceptors (Lipinski definition) is 3. The lowest BCUT2D eigenvalue weighted by Gasteiger charge is -2.19. The highest BCUT2D eigenvalue weighted by Crippen LogP contribution is 2.43. The van der Waals surface area contributed by atoms with E-state index >= 15 is 0 Å². The number of pyridine rings is 1. The van der Waals surface area contributed by atoms with Crippen LogP contribution < -0.4 is 5.56 Å². The Labute approximate surface area is 174 Å². The van der Waals surface area contributed by atoms with Crippen molar-refractivity contribution in [3.8, 4) is 11.1 Å². The first-order valence-electron chi connectivity index (χ1n) is 10.4. The van der Waals surface area contributed by atoms with Gasteiger partial charge in [0.1, 0.15) is 0 Å². The van der Waals surface area contributed by atoms with E-state index in [4.69, 9.17) is 0 Å². The lowest BCUT2D eigenvalue weighted by atomic mass is 9.87. The number of hydrogen-bond donors (Lipinski definition) is 1. The third-order valence-corrected chi connectivity index (χ3v) is 7.37. The molecule has 1 aromatic carbocycles. The van der Waals surface area contributed by atoms with Gasteiger partial charge in [0.05, 0.1) is 16.1 Å². The van der Waals surface area contributed by atoms with E-state index in [0.29, 0.717) is 18.4 Å². The highest BCUT2D eigenvalue weighted by atomic mass is 32.1. The smallest absolute Gasteiger partial charge is 0.311 e. The lowest BCUT2D eigenvalue weighted by Crippen LogP contribution is -2.28. The van der Waals surface area contributed by atoms with Crippen LogP contribution in [0.5, 0.6) is 0 Å². The molecule has 1 aliphatic rings. The zero-order valence-corrected chi connectivity index (χ0v) is 18.1. The number of carboxylic acids is 1. The van der Waals surface area contributed by atoms with Gasteiger partial charge in [-0.1, -0.05) is 43.2 Å². The van der Waals surface area contributed by atoms with Crippen LogP contribution >= 0.6 is 11.3 Å². The third-order valence-electron chi connectivity index (χ3n) is 6.07. The molecule has 4 nitrogen and oxygen atoms in total. The molecule has 0 saturated heterocycles. The molecule has 2 aromatic heterocycles. The number of benzene rings is 1. The summed E-state index contributed by atoms with van der Waals surface area (Å²) in [4.78, 5) is 27.1. The molecule has 4 rings (SSSR count). The van der Waals surface area contributed by atoms with E-state index in [9.17, 15) is 14.7 Å². The maximum atomic E-state index is 13.6. The third kappa shape index (κ3) is 3.31. The fraction of sp³-hybridized carbons (Fsp3) is 0.417. The van der Waals surface area contributed by atoms with Crippen molar-refractivity contribution in [3.05, 3.63) is 56.2 Å². The number of aryl methyl sites for hydroxylation is 4. The summed E-state index contributed by atoms with van der Waals surface area (Å²) in [6, 6.07) is 8.12. The van der Waals surface area contributed by atoms with E-state index < -0.39 is 11.9 Å². The average Bonchev–Trinajstić information content (AvgIpc) is 3.09. The Morgan fingerprint density at radius 3 is 2.55 bits per heavy atom. The van der Waals surface area contributed by atoms with Crippen molar-refractivity contribution in [1.82, 2.24) is 4.57 Å². The number of carbonyl (C=O) groups is 1. The number of thiophene rings is 1. The van der Waals surface area contributed by atoms with Crippen LogP contribution in [-0.4, -0.2) is 15.6 Å². The largest absolute Gasteiger partial charge is 0.481 e. The number of rotatable bonds is 5. The van der Waals surface area contributed by atoms with Gasteiger partial charge >= 0.3 is 5.97 Å². The Bertz CT molecular complexity index is 1140. The topological polar surface area (TPSA) is 59.3 Å². The van der Waals surface area contributed by atoms with Crippen molar-refractivity contribution in [3.63, 3.8) is 0 Å². The number of aromatic nitrogens is 1. The molecule has 1 unspecified atom stereocenters. The van der Waals surface area contributed by atoms with Crippen molar-refractivity contribution in [2.45, 2.75) is 58.3 Å². The lowest BCUT2D eigenvalue weighted by molar-refractivity contribution is -0.139. The summed E-state index contributed by atoms with van der Waals surface area (Å²) in [6.45, 7) is 4.00. The molecule has 0 saturated carbocycles. The molecule has 1 aliphatic carbocycles. The number of nitrogens with zero attached hydrogens (tertiary/aromatic N) is 1. The van der Waals surface area contributed by atoms with Crippen molar-refractivity contribution < 1.29 is 9.90 Å². The molecule has 5 heteroatoms.